The molecule has 0 radical (unpaired) electrons. The minimum absolute atomic E-state index is 0.0813. The number of rotatable bonds is 5. The lowest BCUT2D eigenvalue weighted by molar-refractivity contribution is 0.0902. The number of hydrogen-bond acceptors (Lipinski definition) is 5. The highest BCUT2D eigenvalue weighted by atomic mass is 32.2. The smallest absolute Gasteiger partial charge is 0.407 e. The summed E-state index contributed by atoms with van der Waals surface area (Å²) >= 11 is 0. The van der Waals surface area contributed by atoms with Gasteiger partial charge in [0.15, 0.2) is 0 Å². The second-order valence-corrected chi connectivity index (χ2v) is 8.90. The molecule has 150 valence electrons. The van der Waals surface area contributed by atoms with Crippen molar-refractivity contribution < 1.29 is 23.1 Å². The maximum atomic E-state index is 13.2. The summed E-state index contributed by atoms with van der Waals surface area (Å²) in [6.07, 6.45) is 1.80. The third kappa shape index (κ3) is 4.53. The molecule has 0 bridgehead atoms. The largest absolute Gasteiger partial charge is 0.497 e. The highest BCUT2D eigenvalue weighted by Crippen LogP contribution is 2.27. The van der Waals surface area contributed by atoms with Crippen LogP contribution in [0.4, 0.5) is 4.79 Å². The van der Waals surface area contributed by atoms with E-state index in [2.05, 4.69) is 4.90 Å². The van der Waals surface area contributed by atoms with Crippen LogP contribution in [0.5, 0.6) is 5.75 Å². The Morgan fingerprint density at radius 1 is 1.11 bits per heavy atom. The van der Waals surface area contributed by atoms with Crippen molar-refractivity contribution in [3.63, 3.8) is 0 Å². The zero-order valence-corrected chi connectivity index (χ0v) is 16.4. The third-order valence-electron chi connectivity index (χ3n) is 5.35. The van der Waals surface area contributed by atoms with Gasteiger partial charge in [-0.3, -0.25) is 4.90 Å². The molecule has 0 saturated carbocycles. The van der Waals surface area contributed by atoms with Gasteiger partial charge >= 0.3 is 6.09 Å². The Labute approximate surface area is 160 Å². The van der Waals surface area contributed by atoms with E-state index in [4.69, 9.17) is 9.84 Å². The van der Waals surface area contributed by atoms with Crippen LogP contribution >= 0.6 is 0 Å². The second-order valence-electron chi connectivity index (χ2n) is 7.01. The van der Waals surface area contributed by atoms with Gasteiger partial charge in [0.05, 0.1) is 12.0 Å². The van der Waals surface area contributed by atoms with E-state index in [1.165, 1.54) is 4.90 Å². The van der Waals surface area contributed by atoms with Crippen LogP contribution < -0.4 is 4.74 Å². The highest BCUT2D eigenvalue weighted by Gasteiger charge is 2.35. The van der Waals surface area contributed by atoms with Gasteiger partial charge in [-0.2, -0.15) is 4.31 Å². The number of hydrogen-bond donors (Lipinski definition) is 1. The Morgan fingerprint density at radius 2 is 1.78 bits per heavy atom. The number of ether oxygens (including phenoxy) is 1. The SMILES string of the molecule is COc1ccc(S(=O)(=O)N2CCCCC2CN2CCN(C(=O)O)CC2)cc1. The first-order valence-electron chi connectivity index (χ1n) is 9.28. The summed E-state index contributed by atoms with van der Waals surface area (Å²) in [5, 5.41) is 9.07. The summed E-state index contributed by atoms with van der Waals surface area (Å²) in [5.41, 5.74) is 0. The average Bonchev–Trinajstić information content (AvgIpc) is 2.69. The summed E-state index contributed by atoms with van der Waals surface area (Å²) in [7, 11) is -2.01. The van der Waals surface area contributed by atoms with Gasteiger partial charge < -0.3 is 14.7 Å². The second kappa shape index (κ2) is 8.45. The molecular formula is C18H27N3O5S. The number of carboxylic acid groups (broad SMARTS) is 1. The summed E-state index contributed by atoms with van der Waals surface area (Å²) in [4.78, 5) is 14.9. The number of nitrogens with zero attached hydrogens (tertiary/aromatic N) is 3. The van der Waals surface area contributed by atoms with Crippen LogP contribution in [0.3, 0.4) is 0 Å². The first kappa shape index (κ1) is 19.9. The Balaban J connectivity index is 1.70. The molecule has 1 unspecified atom stereocenters. The highest BCUT2D eigenvalue weighted by molar-refractivity contribution is 7.89. The fourth-order valence-electron chi connectivity index (χ4n) is 3.78. The minimum Gasteiger partial charge on any atom is -0.497 e. The van der Waals surface area contributed by atoms with Gasteiger partial charge in [0.25, 0.3) is 0 Å². The molecule has 27 heavy (non-hydrogen) atoms. The van der Waals surface area contributed by atoms with Crippen LogP contribution in [-0.4, -0.2) is 86.1 Å². The van der Waals surface area contributed by atoms with Gasteiger partial charge in [-0.05, 0) is 37.1 Å². The molecule has 1 aromatic rings. The molecule has 1 aromatic carbocycles. The van der Waals surface area contributed by atoms with Crippen molar-refractivity contribution in [3.05, 3.63) is 24.3 Å². The molecule has 2 saturated heterocycles. The Hall–Kier alpha value is -1.84. The van der Waals surface area contributed by atoms with Crippen molar-refractivity contribution in [3.8, 4) is 5.75 Å². The normalized spacial score (nSPS) is 22.6. The van der Waals surface area contributed by atoms with Crippen molar-refractivity contribution >= 4 is 16.1 Å². The first-order chi connectivity index (χ1) is 12.9. The van der Waals surface area contributed by atoms with E-state index in [-0.39, 0.29) is 10.9 Å². The lowest BCUT2D eigenvalue weighted by atomic mass is 10.0. The lowest BCUT2D eigenvalue weighted by Crippen LogP contribution is -2.54. The molecule has 2 fully saturated rings. The Bertz CT molecular complexity index is 745. The monoisotopic (exact) mass is 397 g/mol. The van der Waals surface area contributed by atoms with Gasteiger partial charge in [0, 0.05) is 45.3 Å². The van der Waals surface area contributed by atoms with Gasteiger partial charge in [0.1, 0.15) is 5.75 Å². The van der Waals surface area contributed by atoms with E-state index in [1.807, 2.05) is 0 Å². The molecule has 0 aliphatic carbocycles. The number of piperazine rings is 1. The third-order valence-corrected chi connectivity index (χ3v) is 7.32. The fraction of sp³-hybridized carbons (Fsp3) is 0.611. The van der Waals surface area contributed by atoms with Crippen molar-refractivity contribution in [1.82, 2.24) is 14.1 Å². The predicted octanol–water partition coefficient (Wildman–Crippen LogP) is 1.53. The van der Waals surface area contributed by atoms with Crippen LogP contribution in [0.1, 0.15) is 19.3 Å². The van der Waals surface area contributed by atoms with Crippen LogP contribution in [-0.2, 0) is 10.0 Å². The Morgan fingerprint density at radius 3 is 2.37 bits per heavy atom. The molecule has 0 spiro atoms. The number of carbonyl (C=O) groups is 1. The number of methoxy groups -OCH3 is 1. The van der Waals surface area contributed by atoms with E-state index in [0.717, 1.165) is 19.3 Å². The molecule has 3 rings (SSSR count). The standard InChI is InChI=1S/C18H27N3O5S/c1-26-16-5-7-17(8-6-16)27(24,25)21-9-3-2-4-15(21)14-19-10-12-20(13-11-19)18(22)23/h5-8,15H,2-4,9-14H2,1H3,(H,22,23). The van der Waals surface area contributed by atoms with Crippen molar-refractivity contribution in [2.75, 3.05) is 46.4 Å². The maximum Gasteiger partial charge on any atom is 0.407 e. The topological polar surface area (TPSA) is 90.4 Å². The van der Waals surface area contributed by atoms with E-state index in [1.54, 1.807) is 35.7 Å². The van der Waals surface area contributed by atoms with Gasteiger partial charge in [-0.25, -0.2) is 13.2 Å². The number of benzene rings is 1. The summed E-state index contributed by atoms with van der Waals surface area (Å²) in [5.74, 6) is 0.625. The zero-order valence-electron chi connectivity index (χ0n) is 15.6. The van der Waals surface area contributed by atoms with Crippen LogP contribution in [0.25, 0.3) is 0 Å². The zero-order chi connectivity index (χ0) is 19.4. The average molecular weight is 397 g/mol. The lowest BCUT2D eigenvalue weighted by Gasteiger charge is -2.40. The molecule has 1 N–H and O–H groups in total. The number of amides is 1. The van der Waals surface area contributed by atoms with Crippen molar-refractivity contribution in [2.24, 2.45) is 0 Å². The van der Waals surface area contributed by atoms with Crippen molar-refractivity contribution in [1.29, 1.82) is 0 Å². The van der Waals surface area contributed by atoms with E-state index in [0.29, 0.717) is 45.0 Å². The summed E-state index contributed by atoms with van der Waals surface area (Å²) in [6.45, 7) is 3.37. The van der Waals surface area contributed by atoms with E-state index >= 15 is 0 Å². The quantitative estimate of drug-likeness (QED) is 0.810. The molecular weight excluding hydrogens is 370 g/mol. The molecule has 1 amide bonds. The van der Waals surface area contributed by atoms with E-state index < -0.39 is 16.1 Å². The first-order valence-corrected chi connectivity index (χ1v) is 10.7. The molecule has 9 heteroatoms. The fourth-order valence-corrected chi connectivity index (χ4v) is 5.46. The molecule has 0 aromatic heterocycles. The van der Waals surface area contributed by atoms with Crippen LogP contribution in [0, 0.1) is 0 Å². The Kier molecular flexibility index (Phi) is 6.23. The maximum absolute atomic E-state index is 13.2. The molecule has 1 atom stereocenters. The molecule has 8 nitrogen and oxygen atoms in total. The minimum atomic E-state index is -3.56. The predicted molar refractivity (Wildman–Crippen MR) is 101 cm³/mol. The summed E-state index contributed by atoms with van der Waals surface area (Å²) < 4.78 is 33.1. The van der Waals surface area contributed by atoms with Crippen molar-refractivity contribution in [2.45, 2.75) is 30.2 Å². The molecule has 2 aliphatic heterocycles. The molecule has 2 heterocycles. The van der Waals surface area contributed by atoms with E-state index in [9.17, 15) is 13.2 Å². The van der Waals surface area contributed by atoms with Gasteiger partial charge in [-0.1, -0.05) is 6.42 Å². The number of sulfonamides is 1. The van der Waals surface area contributed by atoms with Gasteiger partial charge in [0.2, 0.25) is 10.0 Å². The summed E-state index contributed by atoms with van der Waals surface area (Å²) in [6, 6.07) is 6.42. The van der Waals surface area contributed by atoms with Crippen LogP contribution in [0.15, 0.2) is 29.2 Å². The van der Waals surface area contributed by atoms with Gasteiger partial charge in [-0.15, -0.1) is 0 Å². The number of piperidine rings is 1. The van der Waals surface area contributed by atoms with Crippen LogP contribution in [0.2, 0.25) is 0 Å². The molecule has 2 aliphatic rings.